The Hall–Kier alpha value is -0.830. The highest BCUT2D eigenvalue weighted by Crippen LogP contribution is 2.45. The Balaban J connectivity index is 2.09. The maximum Gasteiger partial charge on any atom is 0.0802 e. The van der Waals surface area contributed by atoms with Gasteiger partial charge in [-0.2, -0.15) is 0 Å². The van der Waals surface area contributed by atoms with Crippen molar-refractivity contribution in [1.82, 2.24) is 0 Å². The van der Waals surface area contributed by atoms with Crippen LogP contribution in [0.2, 0.25) is 5.02 Å². The number of aliphatic hydroxyl groups is 1. The Morgan fingerprint density at radius 3 is 2.88 bits per heavy atom. The summed E-state index contributed by atoms with van der Waals surface area (Å²) < 4.78 is 0. The molecule has 1 aliphatic carbocycles. The first kappa shape index (κ1) is 10.3. The summed E-state index contributed by atoms with van der Waals surface area (Å²) in [6.45, 7) is 0. The van der Waals surface area contributed by atoms with Gasteiger partial charge in [0.25, 0.3) is 0 Å². The third kappa shape index (κ3) is 1.58. The Kier molecular flexibility index (Phi) is 2.51. The highest BCUT2D eigenvalue weighted by molar-refractivity contribution is 7.10. The first-order chi connectivity index (χ1) is 7.75. The van der Waals surface area contributed by atoms with E-state index in [-0.39, 0.29) is 6.10 Å². The molecule has 0 radical (unpaired) electrons. The zero-order chi connectivity index (χ0) is 11.1. The van der Waals surface area contributed by atoms with E-state index in [2.05, 4.69) is 17.5 Å². The van der Waals surface area contributed by atoms with E-state index in [0.29, 0.717) is 10.9 Å². The van der Waals surface area contributed by atoms with Gasteiger partial charge < -0.3 is 5.11 Å². The first-order valence-corrected chi connectivity index (χ1v) is 6.52. The maximum absolute atomic E-state index is 10.0. The molecule has 0 spiro atoms. The second kappa shape index (κ2) is 3.88. The molecule has 1 heterocycles. The molecule has 0 bridgehead atoms. The third-order valence-corrected chi connectivity index (χ3v) is 4.35. The van der Waals surface area contributed by atoms with Crippen LogP contribution in [0.25, 0.3) is 0 Å². The second-order valence-corrected chi connectivity index (χ2v) is 5.51. The van der Waals surface area contributed by atoms with Gasteiger partial charge in [-0.15, -0.1) is 11.3 Å². The predicted molar refractivity (Wildman–Crippen MR) is 67.2 cm³/mol. The van der Waals surface area contributed by atoms with E-state index >= 15 is 0 Å². The minimum atomic E-state index is -0.374. The van der Waals surface area contributed by atoms with Crippen LogP contribution in [0, 0.1) is 0 Å². The van der Waals surface area contributed by atoms with E-state index in [4.69, 9.17) is 11.6 Å². The van der Waals surface area contributed by atoms with Gasteiger partial charge >= 0.3 is 0 Å². The highest BCUT2D eigenvalue weighted by atomic mass is 35.5. The highest BCUT2D eigenvalue weighted by Gasteiger charge is 2.31. The summed E-state index contributed by atoms with van der Waals surface area (Å²) in [6.07, 6.45) is 0.400. The molecule has 1 aromatic carbocycles. The van der Waals surface area contributed by atoms with Crippen LogP contribution in [0.5, 0.6) is 0 Å². The molecule has 0 aliphatic heterocycles. The number of halogens is 1. The predicted octanol–water partition coefficient (Wildman–Crippen LogP) is 3.97. The minimum absolute atomic E-state index is 0.335. The first-order valence-electron chi connectivity index (χ1n) is 5.26. The van der Waals surface area contributed by atoms with Gasteiger partial charge in [-0.3, -0.25) is 0 Å². The van der Waals surface area contributed by atoms with Gasteiger partial charge in [0.2, 0.25) is 0 Å². The fourth-order valence-electron chi connectivity index (χ4n) is 2.39. The Morgan fingerprint density at radius 2 is 2.12 bits per heavy atom. The summed E-state index contributed by atoms with van der Waals surface area (Å²) in [5.74, 6) is 0.335. The van der Waals surface area contributed by atoms with E-state index in [1.807, 2.05) is 18.2 Å². The van der Waals surface area contributed by atoms with E-state index in [1.165, 1.54) is 10.4 Å². The van der Waals surface area contributed by atoms with Crippen LogP contribution in [0.4, 0.5) is 0 Å². The Morgan fingerprint density at radius 1 is 1.25 bits per heavy atom. The smallest absolute Gasteiger partial charge is 0.0802 e. The zero-order valence-electron chi connectivity index (χ0n) is 8.56. The van der Waals surface area contributed by atoms with Gasteiger partial charge in [-0.25, -0.2) is 0 Å². The van der Waals surface area contributed by atoms with Crippen LogP contribution < -0.4 is 0 Å². The van der Waals surface area contributed by atoms with Crippen molar-refractivity contribution in [3.63, 3.8) is 0 Å². The maximum atomic E-state index is 10.0. The van der Waals surface area contributed by atoms with Gasteiger partial charge in [0, 0.05) is 15.8 Å². The molecule has 1 nitrogen and oxygen atoms in total. The molecule has 0 saturated heterocycles. The van der Waals surface area contributed by atoms with Crippen molar-refractivity contribution in [2.75, 3.05) is 0 Å². The summed E-state index contributed by atoms with van der Waals surface area (Å²) in [7, 11) is 0. The molecule has 1 aromatic heterocycles. The lowest BCUT2D eigenvalue weighted by Gasteiger charge is -2.08. The molecule has 2 atom stereocenters. The van der Waals surface area contributed by atoms with Crippen molar-refractivity contribution < 1.29 is 5.11 Å². The van der Waals surface area contributed by atoms with Gasteiger partial charge in [-0.1, -0.05) is 23.7 Å². The summed E-state index contributed by atoms with van der Waals surface area (Å²) in [5, 5.41) is 12.8. The van der Waals surface area contributed by atoms with Crippen LogP contribution in [-0.4, -0.2) is 5.11 Å². The number of aliphatic hydroxyl groups excluding tert-OH is 1. The number of hydrogen-bond donors (Lipinski definition) is 1. The molecule has 0 fully saturated rings. The molecule has 0 saturated carbocycles. The van der Waals surface area contributed by atoms with E-state index in [9.17, 15) is 5.11 Å². The number of fused-ring (bicyclic) bond motifs is 1. The molecule has 16 heavy (non-hydrogen) atoms. The third-order valence-electron chi connectivity index (χ3n) is 3.13. The molecule has 3 rings (SSSR count). The van der Waals surface area contributed by atoms with E-state index < -0.39 is 0 Å². The van der Waals surface area contributed by atoms with Crippen LogP contribution >= 0.6 is 22.9 Å². The topological polar surface area (TPSA) is 20.2 Å². The molecular weight excluding hydrogens is 240 g/mol. The lowest BCUT2D eigenvalue weighted by Crippen LogP contribution is -1.92. The van der Waals surface area contributed by atoms with Crippen molar-refractivity contribution in [2.24, 2.45) is 0 Å². The summed E-state index contributed by atoms with van der Waals surface area (Å²) in [6, 6.07) is 10.0. The van der Waals surface area contributed by atoms with Gasteiger partial charge in [0.15, 0.2) is 0 Å². The molecule has 0 unspecified atom stereocenters. The van der Waals surface area contributed by atoms with Crippen LogP contribution in [-0.2, 0) is 0 Å². The van der Waals surface area contributed by atoms with Crippen molar-refractivity contribution in [2.45, 2.75) is 18.4 Å². The average molecular weight is 251 g/mol. The van der Waals surface area contributed by atoms with Crippen molar-refractivity contribution >= 4 is 22.9 Å². The van der Waals surface area contributed by atoms with Crippen LogP contribution in [0.15, 0.2) is 35.7 Å². The molecule has 2 aromatic rings. The summed E-state index contributed by atoms with van der Waals surface area (Å²) >= 11 is 7.70. The van der Waals surface area contributed by atoms with Crippen molar-refractivity contribution in [3.05, 3.63) is 56.7 Å². The van der Waals surface area contributed by atoms with E-state index in [0.717, 1.165) is 12.0 Å². The number of benzene rings is 1. The van der Waals surface area contributed by atoms with Crippen LogP contribution in [0.3, 0.4) is 0 Å². The van der Waals surface area contributed by atoms with Crippen molar-refractivity contribution in [3.8, 4) is 0 Å². The molecular formula is C13H11ClOS. The van der Waals surface area contributed by atoms with Crippen LogP contribution in [0.1, 0.15) is 34.4 Å². The molecule has 82 valence electrons. The summed E-state index contributed by atoms with van der Waals surface area (Å²) in [4.78, 5) is 1.32. The lowest BCUT2D eigenvalue weighted by molar-refractivity contribution is 0.176. The number of hydrogen-bond acceptors (Lipinski definition) is 2. The lowest BCUT2D eigenvalue weighted by atomic mass is 10.00. The number of thiophene rings is 1. The normalized spacial score (nSPS) is 23.4. The fraction of sp³-hybridized carbons (Fsp3) is 0.231. The molecule has 0 amide bonds. The molecule has 1 N–H and O–H groups in total. The largest absolute Gasteiger partial charge is 0.388 e. The standard InChI is InChI=1S/C13H11ClOS/c14-8-3-4-9-10(6-8)12(15)7-11(9)13-2-1-5-16-13/h1-6,11-12,15H,7H2/t11-,12-/m1/s1. The van der Waals surface area contributed by atoms with Gasteiger partial charge in [0.1, 0.15) is 0 Å². The average Bonchev–Trinajstić information content (AvgIpc) is 2.87. The van der Waals surface area contributed by atoms with E-state index in [1.54, 1.807) is 11.3 Å². The Labute approximate surface area is 103 Å². The zero-order valence-corrected chi connectivity index (χ0v) is 10.1. The fourth-order valence-corrected chi connectivity index (χ4v) is 3.43. The number of rotatable bonds is 1. The van der Waals surface area contributed by atoms with Gasteiger partial charge in [0.05, 0.1) is 6.10 Å². The monoisotopic (exact) mass is 250 g/mol. The van der Waals surface area contributed by atoms with Crippen molar-refractivity contribution in [1.29, 1.82) is 0 Å². The Bertz CT molecular complexity index is 507. The second-order valence-electron chi connectivity index (χ2n) is 4.09. The minimum Gasteiger partial charge on any atom is -0.388 e. The van der Waals surface area contributed by atoms with Gasteiger partial charge in [-0.05, 0) is 41.1 Å². The molecule has 3 heteroatoms. The SMILES string of the molecule is O[C@@H]1C[C@@H](c2cccs2)c2ccc(Cl)cc21. The summed E-state index contributed by atoms with van der Waals surface area (Å²) in [5.41, 5.74) is 2.21. The quantitative estimate of drug-likeness (QED) is 0.812. The molecule has 1 aliphatic rings.